The summed E-state index contributed by atoms with van der Waals surface area (Å²) >= 11 is 0. The van der Waals surface area contributed by atoms with Gasteiger partial charge in [0.05, 0.1) is 18.7 Å². The molecule has 0 saturated carbocycles. The molecule has 1 aromatic carbocycles. The number of benzene rings is 1. The Morgan fingerprint density at radius 3 is 2.69 bits per heavy atom. The van der Waals surface area contributed by atoms with E-state index in [0.29, 0.717) is 25.3 Å². The van der Waals surface area contributed by atoms with Crippen molar-refractivity contribution in [3.05, 3.63) is 47.9 Å². The van der Waals surface area contributed by atoms with E-state index in [4.69, 9.17) is 0 Å². The van der Waals surface area contributed by atoms with E-state index in [2.05, 4.69) is 10.4 Å². The number of urea groups is 1. The van der Waals surface area contributed by atoms with Gasteiger partial charge in [-0.05, 0) is 30.0 Å². The highest BCUT2D eigenvalue weighted by Gasteiger charge is 2.32. The Balaban J connectivity index is 1.67. The Bertz CT molecular complexity index is 790. The first-order chi connectivity index (χ1) is 12.4. The maximum absolute atomic E-state index is 13.0. The fourth-order valence-electron chi connectivity index (χ4n) is 3.21. The molecule has 2 heterocycles. The molecule has 138 valence electrons. The Labute approximate surface area is 150 Å². The molecule has 0 radical (unpaired) electrons. The lowest BCUT2D eigenvalue weighted by Crippen LogP contribution is -2.47. The second-order valence-electron chi connectivity index (χ2n) is 6.71. The van der Waals surface area contributed by atoms with Crippen LogP contribution < -0.4 is 5.32 Å². The number of carbonyl (C=O) groups excluding carboxylic acids is 1. The van der Waals surface area contributed by atoms with Gasteiger partial charge in [-0.1, -0.05) is 19.1 Å². The number of anilines is 1. The van der Waals surface area contributed by atoms with Crippen LogP contribution in [0.3, 0.4) is 0 Å². The van der Waals surface area contributed by atoms with Crippen molar-refractivity contribution in [3.63, 3.8) is 0 Å². The monoisotopic (exact) mass is 360 g/mol. The molecule has 0 aliphatic carbocycles. The third-order valence-corrected chi connectivity index (χ3v) is 4.49. The van der Waals surface area contributed by atoms with Gasteiger partial charge in [0.25, 0.3) is 0 Å². The van der Waals surface area contributed by atoms with E-state index in [9.17, 15) is 19.1 Å². The number of aliphatic carboxylic acids is 1. The van der Waals surface area contributed by atoms with Gasteiger partial charge < -0.3 is 10.0 Å². The van der Waals surface area contributed by atoms with Gasteiger partial charge in [-0.15, -0.1) is 0 Å². The number of carboxylic acid groups (broad SMARTS) is 1. The minimum atomic E-state index is -0.879. The molecule has 1 aliphatic heterocycles. The number of hydrogen-bond acceptors (Lipinski definition) is 3. The Morgan fingerprint density at radius 1 is 1.27 bits per heavy atom. The number of nitrogens with one attached hydrogen (secondary N) is 1. The SMILES string of the molecule is CC1CC(C(=O)O)CN(C(=O)Nc2ccnn2Cc2ccc(F)cc2)C1. The molecular weight excluding hydrogens is 339 g/mol. The molecule has 7 nitrogen and oxygen atoms in total. The van der Waals surface area contributed by atoms with Gasteiger partial charge in [-0.3, -0.25) is 10.1 Å². The van der Waals surface area contributed by atoms with E-state index in [1.165, 1.54) is 17.0 Å². The maximum Gasteiger partial charge on any atom is 0.323 e. The first-order valence-electron chi connectivity index (χ1n) is 8.47. The highest BCUT2D eigenvalue weighted by atomic mass is 19.1. The van der Waals surface area contributed by atoms with Crippen LogP contribution in [-0.2, 0) is 11.3 Å². The zero-order chi connectivity index (χ0) is 18.7. The van der Waals surface area contributed by atoms with E-state index in [-0.39, 0.29) is 24.3 Å². The summed E-state index contributed by atoms with van der Waals surface area (Å²) in [5, 5.41) is 16.2. The molecule has 26 heavy (non-hydrogen) atoms. The molecule has 2 N–H and O–H groups in total. The molecular formula is C18H21FN4O3. The predicted octanol–water partition coefficient (Wildman–Crippen LogP) is 2.65. The second kappa shape index (κ2) is 7.55. The van der Waals surface area contributed by atoms with Crippen LogP contribution in [0, 0.1) is 17.7 Å². The van der Waals surface area contributed by atoms with Crippen molar-refractivity contribution < 1.29 is 19.1 Å². The molecule has 2 aromatic rings. The minimum Gasteiger partial charge on any atom is -0.481 e. The van der Waals surface area contributed by atoms with Crippen LogP contribution in [0.4, 0.5) is 15.0 Å². The third-order valence-electron chi connectivity index (χ3n) is 4.49. The van der Waals surface area contributed by atoms with Crippen molar-refractivity contribution >= 4 is 17.8 Å². The van der Waals surface area contributed by atoms with Gasteiger partial charge in [-0.25, -0.2) is 13.9 Å². The number of carbonyl (C=O) groups is 2. The van der Waals surface area contributed by atoms with Crippen LogP contribution in [0.5, 0.6) is 0 Å². The van der Waals surface area contributed by atoms with Crippen molar-refractivity contribution in [2.75, 3.05) is 18.4 Å². The number of amides is 2. The summed E-state index contributed by atoms with van der Waals surface area (Å²) < 4.78 is 14.6. The summed E-state index contributed by atoms with van der Waals surface area (Å²) in [7, 11) is 0. The quantitative estimate of drug-likeness (QED) is 0.877. The van der Waals surface area contributed by atoms with E-state index >= 15 is 0 Å². The first kappa shape index (κ1) is 17.9. The van der Waals surface area contributed by atoms with Gasteiger partial charge in [0, 0.05) is 19.2 Å². The molecule has 1 fully saturated rings. The third kappa shape index (κ3) is 4.19. The lowest BCUT2D eigenvalue weighted by molar-refractivity contribution is -0.143. The van der Waals surface area contributed by atoms with Crippen molar-refractivity contribution in [1.82, 2.24) is 14.7 Å². The average Bonchev–Trinajstić information content (AvgIpc) is 3.03. The molecule has 1 aromatic heterocycles. The van der Waals surface area contributed by atoms with E-state index < -0.39 is 11.9 Å². The Kier molecular flexibility index (Phi) is 5.20. The largest absolute Gasteiger partial charge is 0.481 e. The average molecular weight is 360 g/mol. The van der Waals surface area contributed by atoms with Crippen molar-refractivity contribution in [2.45, 2.75) is 19.9 Å². The van der Waals surface area contributed by atoms with Crippen LogP contribution in [0.25, 0.3) is 0 Å². The number of aromatic nitrogens is 2. The zero-order valence-corrected chi connectivity index (χ0v) is 14.4. The lowest BCUT2D eigenvalue weighted by atomic mass is 9.91. The van der Waals surface area contributed by atoms with E-state index in [1.807, 2.05) is 6.92 Å². The zero-order valence-electron chi connectivity index (χ0n) is 14.4. The van der Waals surface area contributed by atoms with E-state index in [1.54, 1.807) is 29.1 Å². The number of rotatable bonds is 4. The standard InChI is InChI=1S/C18H21FN4O3/c1-12-8-14(17(24)25)11-22(9-12)18(26)21-16-6-7-20-23(16)10-13-2-4-15(19)5-3-13/h2-7,12,14H,8-11H2,1H3,(H,21,26)(H,24,25). The summed E-state index contributed by atoms with van der Waals surface area (Å²) in [5.74, 6) is -1.11. The van der Waals surface area contributed by atoms with Crippen LogP contribution in [0.1, 0.15) is 18.9 Å². The number of halogens is 1. The summed E-state index contributed by atoms with van der Waals surface area (Å²) in [4.78, 5) is 25.4. The van der Waals surface area contributed by atoms with Crippen molar-refractivity contribution in [1.29, 1.82) is 0 Å². The number of carboxylic acids is 1. The lowest BCUT2D eigenvalue weighted by Gasteiger charge is -2.34. The Hall–Kier alpha value is -2.90. The van der Waals surface area contributed by atoms with Crippen LogP contribution in [0.15, 0.2) is 36.5 Å². The number of nitrogens with zero attached hydrogens (tertiary/aromatic N) is 3. The van der Waals surface area contributed by atoms with Crippen LogP contribution in [-0.4, -0.2) is 44.9 Å². The van der Waals surface area contributed by atoms with Crippen LogP contribution in [0.2, 0.25) is 0 Å². The van der Waals surface area contributed by atoms with Gasteiger partial charge in [0.15, 0.2) is 0 Å². The molecule has 2 unspecified atom stereocenters. The van der Waals surface area contributed by atoms with Gasteiger partial charge in [0.1, 0.15) is 11.6 Å². The van der Waals surface area contributed by atoms with Crippen molar-refractivity contribution in [3.8, 4) is 0 Å². The smallest absolute Gasteiger partial charge is 0.323 e. The first-order valence-corrected chi connectivity index (χ1v) is 8.47. The molecule has 8 heteroatoms. The molecule has 1 aliphatic rings. The van der Waals surface area contributed by atoms with E-state index in [0.717, 1.165) is 5.56 Å². The van der Waals surface area contributed by atoms with Gasteiger partial charge >= 0.3 is 12.0 Å². The van der Waals surface area contributed by atoms with Gasteiger partial charge in [-0.2, -0.15) is 5.10 Å². The molecule has 0 bridgehead atoms. The topological polar surface area (TPSA) is 87.5 Å². The number of piperidine rings is 1. The molecule has 0 spiro atoms. The highest BCUT2D eigenvalue weighted by Crippen LogP contribution is 2.22. The number of hydrogen-bond donors (Lipinski definition) is 2. The second-order valence-corrected chi connectivity index (χ2v) is 6.71. The van der Waals surface area contributed by atoms with Crippen molar-refractivity contribution in [2.24, 2.45) is 11.8 Å². The summed E-state index contributed by atoms with van der Waals surface area (Å²) in [6.07, 6.45) is 2.14. The van der Waals surface area contributed by atoms with Gasteiger partial charge in [0.2, 0.25) is 0 Å². The van der Waals surface area contributed by atoms with Crippen LogP contribution >= 0.6 is 0 Å². The maximum atomic E-state index is 13.0. The fourth-order valence-corrected chi connectivity index (χ4v) is 3.21. The molecule has 1 saturated heterocycles. The summed E-state index contributed by atoms with van der Waals surface area (Å²) in [6.45, 7) is 3.03. The summed E-state index contributed by atoms with van der Waals surface area (Å²) in [5.41, 5.74) is 0.850. The minimum absolute atomic E-state index is 0.125. The normalized spacial score (nSPS) is 20.0. The molecule has 2 amide bonds. The molecule has 3 rings (SSSR count). The number of likely N-dealkylation sites (tertiary alicyclic amines) is 1. The molecule has 2 atom stereocenters. The fraction of sp³-hybridized carbons (Fsp3) is 0.389. The Morgan fingerprint density at radius 2 is 2.00 bits per heavy atom. The predicted molar refractivity (Wildman–Crippen MR) is 93.2 cm³/mol. The summed E-state index contributed by atoms with van der Waals surface area (Å²) in [6, 6.07) is 7.39. The highest BCUT2D eigenvalue weighted by molar-refractivity contribution is 5.89.